The summed E-state index contributed by atoms with van der Waals surface area (Å²) in [6, 6.07) is 1.62. The van der Waals surface area contributed by atoms with Crippen LogP contribution in [0.25, 0.3) is 0 Å². The molecule has 0 bridgehead atoms. The monoisotopic (exact) mass is 358 g/mol. The second kappa shape index (κ2) is 6.68. The van der Waals surface area contributed by atoms with E-state index >= 15 is 0 Å². The average Bonchev–Trinajstić information content (AvgIpc) is 3.35. The third-order valence-corrected chi connectivity index (χ3v) is 5.12. The second-order valence-corrected chi connectivity index (χ2v) is 7.17. The molecule has 2 aromatic heterocycles. The van der Waals surface area contributed by atoms with E-state index in [1.54, 1.807) is 20.1 Å². The van der Waals surface area contributed by atoms with Gasteiger partial charge in [0.15, 0.2) is 5.69 Å². The highest BCUT2D eigenvalue weighted by molar-refractivity contribution is 5.94. The van der Waals surface area contributed by atoms with Crippen molar-refractivity contribution in [2.24, 2.45) is 0 Å². The molecule has 138 valence electrons. The summed E-state index contributed by atoms with van der Waals surface area (Å²) in [5.74, 6) is 1.76. The molecule has 0 atom stereocenters. The Morgan fingerprint density at radius 3 is 2.85 bits per heavy atom. The van der Waals surface area contributed by atoms with E-state index in [2.05, 4.69) is 20.4 Å². The number of rotatable bonds is 6. The molecule has 8 heteroatoms. The molecule has 4 rings (SSSR count). The molecule has 2 saturated carbocycles. The molecule has 0 spiro atoms. The largest absolute Gasteiger partial charge is 0.380 e. The van der Waals surface area contributed by atoms with Crippen LogP contribution < -0.4 is 10.9 Å². The first-order valence-corrected chi connectivity index (χ1v) is 8.91. The zero-order valence-electron chi connectivity index (χ0n) is 14.9. The van der Waals surface area contributed by atoms with Gasteiger partial charge >= 0.3 is 0 Å². The Kier molecular flexibility index (Phi) is 4.36. The molecule has 26 heavy (non-hydrogen) atoms. The molecule has 0 aromatic carbocycles. The van der Waals surface area contributed by atoms with Crippen LogP contribution in [0.15, 0.2) is 15.4 Å². The third-order valence-electron chi connectivity index (χ3n) is 5.12. The Morgan fingerprint density at radius 2 is 2.15 bits per heavy atom. The van der Waals surface area contributed by atoms with Crippen molar-refractivity contribution in [3.63, 3.8) is 0 Å². The van der Waals surface area contributed by atoms with Gasteiger partial charge in [-0.15, -0.1) is 0 Å². The standard InChI is InChI=1S/C18H22N4O4/c1-9-13(8-25-2)16(22-26-9)18(24)19-12-5-11(6-12)14-7-15(23)21-17(20-14)10-3-4-10/h7,10-12H,3-6,8H2,1-2H3,(H,19,24)(H,20,21,23). The second-order valence-electron chi connectivity index (χ2n) is 7.17. The van der Waals surface area contributed by atoms with Crippen molar-refractivity contribution in [1.82, 2.24) is 20.4 Å². The highest BCUT2D eigenvalue weighted by Crippen LogP contribution is 2.40. The maximum atomic E-state index is 12.4. The van der Waals surface area contributed by atoms with Crippen LogP contribution in [0, 0.1) is 6.92 Å². The molecule has 0 radical (unpaired) electrons. The Hall–Kier alpha value is -2.48. The van der Waals surface area contributed by atoms with Crippen molar-refractivity contribution in [3.8, 4) is 0 Å². The van der Waals surface area contributed by atoms with E-state index in [1.807, 2.05) is 0 Å². The van der Waals surface area contributed by atoms with Gasteiger partial charge in [-0.25, -0.2) is 4.98 Å². The molecule has 1 amide bonds. The van der Waals surface area contributed by atoms with Crippen LogP contribution in [0.1, 0.15) is 70.8 Å². The zero-order valence-corrected chi connectivity index (χ0v) is 14.9. The zero-order chi connectivity index (χ0) is 18.3. The molecule has 2 fully saturated rings. The van der Waals surface area contributed by atoms with Crippen LogP contribution in [0.5, 0.6) is 0 Å². The topological polar surface area (TPSA) is 110 Å². The Balaban J connectivity index is 1.38. The smallest absolute Gasteiger partial charge is 0.274 e. The summed E-state index contributed by atoms with van der Waals surface area (Å²) in [6.45, 7) is 2.04. The molecular formula is C18H22N4O4. The highest BCUT2D eigenvalue weighted by Gasteiger charge is 2.35. The van der Waals surface area contributed by atoms with Gasteiger partial charge in [-0.2, -0.15) is 0 Å². The van der Waals surface area contributed by atoms with Crippen LogP contribution in [-0.4, -0.2) is 34.2 Å². The summed E-state index contributed by atoms with van der Waals surface area (Å²) in [7, 11) is 1.56. The maximum absolute atomic E-state index is 12.4. The number of amides is 1. The van der Waals surface area contributed by atoms with Gasteiger partial charge < -0.3 is 19.6 Å². The fourth-order valence-corrected chi connectivity index (χ4v) is 3.37. The van der Waals surface area contributed by atoms with Gasteiger partial charge in [0, 0.05) is 31.1 Å². The van der Waals surface area contributed by atoms with Gasteiger partial charge in [-0.05, 0) is 32.6 Å². The summed E-state index contributed by atoms with van der Waals surface area (Å²) in [6.07, 6.45) is 3.72. The number of methoxy groups -OCH3 is 1. The lowest BCUT2D eigenvalue weighted by molar-refractivity contribution is 0.0894. The van der Waals surface area contributed by atoms with Crippen molar-refractivity contribution in [2.75, 3.05) is 7.11 Å². The number of hydrogen-bond donors (Lipinski definition) is 2. The quantitative estimate of drug-likeness (QED) is 0.814. The van der Waals surface area contributed by atoms with E-state index in [9.17, 15) is 9.59 Å². The van der Waals surface area contributed by atoms with Crippen molar-refractivity contribution >= 4 is 5.91 Å². The van der Waals surface area contributed by atoms with E-state index in [0.717, 1.165) is 37.2 Å². The lowest BCUT2D eigenvalue weighted by atomic mass is 9.78. The summed E-state index contributed by atoms with van der Waals surface area (Å²) in [4.78, 5) is 31.7. The number of H-pyrrole nitrogens is 1. The highest BCUT2D eigenvalue weighted by atomic mass is 16.5. The first-order valence-electron chi connectivity index (χ1n) is 8.91. The van der Waals surface area contributed by atoms with Crippen LogP contribution in [-0.2, 0) is 11.3 Å². The molecule has 0 unspecified atom stereocenters. The van der Waals surface area contributed by atoms with Crippen molar-refractivity contribution in [2.45, 2.75) is 57.1 Å². The van der Waals surface area contributed by atoms with Crippen molar-refractivity contribution in [3.05, 3.63) is 45.0 Å². The van der Waals surface area contributed by atoms with Crippen LogP contribution in [0.2, 0.25) is 0 Å². The first-order chi connectivity index (χ1) is 12.5. The van der Waals surface area contributed by atoms with E-state index in [-0.39, 0.29) is 35.7 Å². The van der Waals surface area contributed by atoms with Gasteiger partial charge in [0.25, 0.3) is 11.5 Å². The molecule has 0 saturated heterocycles. The number of ether oxygens (including phenoxy) is 1. The minimum Gasteiger partial charge on any atom is -0.380 e. The Bertz CT molecular complexity index is 878. The van der Waals surface area contributed by atoms with Crippen LogP contribution >= 0.6 is 0 Å². The number of carbonyl (C=O) groups excluding carboxylic acids is 1. The van der Waals surface area contributed by atoms with Gasteiger partial charge in [0.1, 0.15) is 11.6 Å². The number of aromatic amines is 1. The number of nitrogens with one attached hydrogen (secondary N) is 2. The Labute approximate surface area is 150 Å². The van der Waals surface area contributed by atoms with Crippen LogP contribution in [0.4, 0.5) is 0 Å². The molecular weight excluding hydrogens is 336 g/mol. The number of hydrogen-bond acceptors (Lipinski definition) is 6. The SMILES string of the molecule is COCc1c(C(=O)NC2CC(c3cc(=O)[nH]c(C4CC4)n3)C2)noc1C. The number of aromatic nitrogens is 3. The number of nitrogens with zero attached hydrogens (tertiary/aromatic N) is 2. The fraction of sp³-hybridized carbons (Fsp3) is 0.556. The van der Waals surface area contributed by atoms with Gasteiger partial charge in [-0.1, -0.05) is 5.16 Å². The van der Waals surface area contributed by atoms with Gasteiger partial charge in [0.2, 0.25) is 0 Å². The van der Waals surface area contributed by atoms with E-state index in [4.69, 9.17) is 9.26 Å². The van der Waals surface area contributed by atoms with Gasteiger partial charge in [0.05, 0.1) is 17.9 Å². The first kappa shape index (κ1) is 17.0. The van der Waals surface area contributed by atoms with E-state index < -0.39 is 0 Å². The third kappa shape index (κ3) is 3.29. The lowest BCUT2D eigenvalue weighted by Crippen LogP contribution is -2.44. The molecule has 2 aromatic rings. The van der Waals surface area contributed by atoms with E-state index in [1.165, 1.54) is 0 Å². The summed E-state index contributed by atoms with van der Waals surface area (Å²) in [5.41, 5.74) is 1.69. The minimum atomic E-state index is -0.255. The molecule has 0 aliphatic heterocycles. The lowest BCUT2D eigenvalue weighted by Gasteiger charge is -2.35. The van der Waals surface area contributed by atoms with Crippen molar-refractivity contribution < 1.29 is 14.1 Å². The van der Waals surface area contributed by atoms with E-state index in [0.29, 0.717) is 17.2 Å². The minimum absolute atomic E-state index is 0.0466. The molecule has 2 N–H and O–H groups in total. The average molecular weight is 358 g/mol. The molecule has 2 heterocycles. The molecule has 2 aliphatic carbocycles. The van der Waals surface area contributed by atoms with Crippen molar-refractivity contribution in [1.29, 1.82) is 0 Å². The predicted molar refractivity (Wildman–Crippen MR) is 92.0 cm³/mol. The number of aryl methyl sites for hydroxylation is 1. The maximum Gasteiger partial charge on any atom is 0.274 e. The van der Waals surface area contributed by atoms with Crippen LogP contribution in [0.3, 0.4) is 0 Å². The summed E-state index contributed by atoms with van der Waals surface area (Å²) in [5, 5.41) is 6.83. The normalized spacial score (nSPS) is 22.1. The number of carbonyl (C=O) groups is 1. The predicted octanol–water partition coefficient (Wildman–Crippen LogP) is 1.77. The summed E-state index contributed by atoms with van der Waals surface area (Å²) < 4.78 is 10.2. The molecule has 8 nitrogen and oxygen atoms in total. The van der Waals surface area contributed by atoms with Gasteiger partial charge in [-0.3, -0.25) is 9.59 Å². The summed E-state index contributed by atoms with van der Waals surface area (Å²) >= 11 is 0. The molecule has 2 aliphatic rings. The Morgan fingerprint density at radius 1 is 1.38 bits per heavy atom. The fourth-order valence-electron chi connectivity index (χ4n) is 3.37.